The molecule has 1 heterocycles. The van der Waals surface area contributed by atoms with Crippen molar-refractivity contribution in [1.29, 1.82) is 0 Å². The zero-order valence-electron chi connectivity index (χ0n) is 20.8. The van der Waals surface area contributed by atoms with Gasteiger partial charge in [-0.1, -0.05) is 52.2 Å². The molecule has 7 heteroatoms. The van der Waals surface area contributed by atoms with Crippen LogP contribution in [0.15, 0.2) is 41.3 Å². The number of hydrogen-bond donors (Lipinski definition) is 0. The number of hydrogen-bond acceptors (Lipinski definition) is 5. The van der Waals surface area contributed by atoms with Crippen LogP contribution in [-0.2, 0) is 20.2 Å². The third-order valence-electron chi connectivity index (χ3n) is 5.69. The molecule has 1 atom stereocenters. The predicted octanol–water partition coefficient (Wildman–Crippen LogP) is 5.29. The number of sulfonamides is 1. The van der Waals surface area contributed by atoms with E-state index in [0.717, 1.165) is 18.4 Å². The zero-order chi connectivity index (χ0) is 24.9. The summed E-state index contributed by atoms with van der Waals surface area (Å²) in [6, 6.07) is 10.8. The second-order valence-corrected chi connectivity index (χ2v) is 11.5. The van der Waals surface area contributed by atoms with Crippen molar-refractivity contribution in [1.82, 2.24) is 4.31 Å². The van der Waals surface area contributed by atoms with Gasteiger partial charge in [-0.3, -0.25) is 0 Å². The van der Waals surface area contributed by atoms with E-state index in [9.17, 15) is 8.42 Å². The van der Waals surface area contributed by atoms with E-state index in [2.05, 4.69) is 33.6 Å². The van der Waals surface area contributed by atoms with E-state index in [1.54, 1.807) is 18.2 Å². The molecule has 1 aliphatic heterocycles. The highest BCUT2D eigenvalue weighted by molar-refractivity contribution is 7.89. The Morgan fingerprint density at radius 3 is 2.65 bits per heavy atom. The standard InChI is InChI=1S/C27H35NO5S/c1-7-9-16-31-19-22-18-28(15-8-2)34(29,30)26-24(11-10-12-25(26)33-22)32-21-13-14-23(20(3)17-21)27(4,5)6/h2,10-14,17,22H,7,9,15-16,18-19H2,1,3-6H3. The Balaban J connectivity index is 1.98. The van der Waals surface area contributed by atoms with E-state index in [-0.39, 0.29) is 41.5 Å². The molecule has 3 rings (SSSR count). The minimum atomic E-state index is -3.96. The monoisotopic (exact) mass is 485 g/mol. The Hall–Kier alpha value is -2.53. The summed E-state index contributed by atoms with van der Waals surface area (Å²) in [4.78, 5) is -0.0149. The molecule has 0 saturated heterocycles. The lowest BCUT2D eigenvalue weighted by molar-refractivity contribution is 0.0421. The quantitative estimate of drug-likeness (QED) is 0.376. The highest BCUT2D eigenvalue weighted by Gasteiger charge is 2.37. The molecule has 0 N–H and O–H groups in total. The first-order chi connectivity index (χ1) is 16.1. The maximum Gasteiger partial charge on any atom is 0.251 e. The van der Waals surface area contributed by atoms with E-state index in [1.165, 1.54) is 9.87 Å². The van der Waals surface area contributed by atoms with Crippen molar-refractivity contribution in [3.05, 3.63) is 47.5 Å². The Morgan fingerprint density at radius 2 is 2.00 bits per heavy atom. The Morgan fingerprint density at radius 1 is 1.24 bits per heavy atom. The molecule has 1 unspecified atom stereocenters. The summed E-state index contributed by atoms with van der Waals surface area (Å²) in [6.07, 6.45) is 6.97. The third-order valence-corrected chi connectivity index (χ3v) is 7.57. The Labute approximate surface area is 204 Å². The van der Waals surface area contributed by atoms with Crippen molar-refractivity contribution in [3.63, 3.8) is 0 Å². The molecule has 0 radical (unpaired) electrons. The highest BCUT2D eigenvalue weighted by Crippen LogP contribution is 2.40. The summed E-state index contributed by atoms with van der Waals surface area (Å²) < 4.78 is 46.5. The third kappa shape index (κ3) is 5.93. The molecule has 0 bridgehead atoms. The van der Waals surface area contributed by atoms with Crippen molar-refractivity contribution in [2.24, 2.45) is 0 Å². The summed E-state index contributed by atoms with van der Waals surface area (Å²) in [5, 5.41) is 0. The van der Waals surface area contributed by atoms with Crippen LogP contribution in [0.5, 0.6) is 17.2 Å². The summed E-state index contributed by atoms with van der Waals surface area (Å²) >= 11 is 0. The van der Waals surface area contributed by atoms with E-state index in [4.69, 9.17) is 20.6 Å². The molecule has 2 aromatic carbocycles. The molecule has 0 fully saturated rings. The number of ether oxygens (including phenoxy) is 3. The molecule has 0 aliphatic carbocycles. The fourth-order valence-electron chi connectivity index (χ4n) is 4.06. The van der Waals surface area contributed by atoms with Crippen LogP contribution >= 0.6 is 0 Å². The first-order valence-corrected chi connectivity index (χ1v) is 13.1. The van der Waals surface area contributed by atoms with Crippen LogP contribution in [0.25, 0.3) is 0 Å². The van der Waals surface area contributed by atoms with Gasteiger partial charge >= 0.3 is 0 Å². The van der Waals surface area contributed by atoms with Crippen LogP contribution in [0, 0.1) is 19.3 Å². The largest absolute Gasteiger partial charge is 0.485 e. The number of fused-ring (bicyclic) bond motifs is 1. The van der Waals surface area contributed by atoms with Crippen LogP contribution in [0.4, 0.5) is 0 Å². The maximum atomic E-state index is 13.6. The average molecular weight is 486 g/mol. The molecule has 184 valence electrons. The first-order valence-electron chi connectivity index (χ1n) is 11.7. The van der Waals surface area contributed by atoms with Gasteiger partial charge in [0.15, 0.2) is 10.6 Å². The van der Waals surface area contributed by atoms with Gasteiger partial charge in [-0.05, 0) is 54.2 Å². The first kappa shape index (κ1) is 26.1. The fraction of sp³-hybridized carbons (Fsp3) is 0.481. The smallest absolute Gasteiger partial charge is 0.251 e. The van der Waals surface area contributed by atoms with Gasteiger partial charge in [-0.2, -0.15) is 4.31 Å². The molecule has 1 aliphatic rings. The van der Waals surface area contributed by atoms with Crippen LogP contribution < -0.4 is 9.47 Å². The number of terminal acetylenes is 1. The van der Waals surface area contributed by atoms with E-state index >= 15 is 0 Å². The van der Waals surface area contributed by atoms with E-state index < -0.39 is 16.1 Å². The van der Waals surface area contributed by atoms with Gasteiger partial charge in [0.25, 0.3) is 10.0 Å². The van der Waals surface area contributed by atoms with Gasteiger partial charge < -0.3 is 14.2 Å². The van der Waals surface area contributed by atoms with Crippen LogP contribution in [0.1, 0.15) is 51.7 Å². The molecule has 0 amide bonds. The van der Waals surface area contributed by atoms with Crippen molar-refractivity contribution < 1.29 is 22.6 Å². The predicted molar refractivity (Wildman–Crippen MR) is 134 cm³/mol. The van der Waals surface area contributed by atoms with E-state index in [1.807, 2.05) is 25.1 Å². The second-order valence-electron chi connectivity index (χ2n) is 9.58. The molecule has 34 heavy (non-hydrogen) atoms. The molecule has 6 nitrogen and oxygen atoms in total. The number of nitrogens with zero attached hydrogens (tertiary/aromatic N) is 1. The second kappa shape index (κ2) is 10.8. The molecular formula is C27H35NO5S. The Bertz CT molecular complexity index is 1140. The lowest BCUT2D eigenvalue weighted by atomic mass is 9.84. The fourth-order valence-corrected chi connectivity index (χ4v) is 5.66. The summed E-state index contributed by atoms with van der Waals surface area (Å²) in [5.41, 5.74) is 2.27. The van der Waals surface area contributed by atoms with Gasteiger partial charge in [-0.15, -0.1) is 6.42 Å². The summed E-state index contributed by atoms with van der Waals surface area (Å²) in [7, 11) is -3.96. The van der Waals surface area contributed by atoms with Gasteiger partial charge in [0.05, 0.1) is 19.7 Å². The summed E-state index contributed by atoms with van der Waals surface area (Å²) in [6.45, 7) is 11.5. The summed E-state index contributed by atoms with van der Waals surface area (Å²) in [5.74, 6) is 3.46. The number of benzene rings is 2. The number of unbranched alkanes of at least 4 members (excludes halogenated alkanes) is 1. The van der Waals surface area contributed by atoms with Crippen LogP contribution in [0.3, 0.4) is 0 Å². The Kier molecular flexibility index (Phi) is 8.29. The zero-order valence-corrected chi connectivity index (χ0v) is 21.6. The number of aryl methyl sites for hydroxylation is 1. The normalized spacial score (nSPS) is 17.8. The minimum absolute atomic E-state index is 0.00639. The maximum absolute atomic E-state index is 13.6. The molecule has 0 aromatic heterocycles. The van der Waals surface area contributed by atoms with Gasteiger partial charge in [0.1, 0.15) is 17.6 Å². The van der Waals surface area contributed by atoms with Crippen molar-refractivity contribution in [2.75, 3.05) is 26.3 Å². The highest BCUT2D eigenvalue weighted by atomic mass is 32.2. The SMILES string of the molecule is C#CCN1CC(COCCCC)Oc2cccc(Oc3ccc(C(C)(C)C)c(C)c3)c2S1(=O)=O. The van der Waals surface area contributed by atoms with E-state index in [0.29, 0.717) is 12.4 Å². The minimum Gasteiger partial charge on any atom is -0.485 e. The molecule has 0 saturated carbocycles. The van der Waals surface area contributed by atoms with Crippen molar-refractivity contribution >= 4 is 10.0 Å². The van der Waals surface area contributed by atoms with Crippen LogP contribution in [0.2, 0.25) is 0 Å². The lowest BCUT2D eigenvalue weighted by Crippen LogP contribution is -2.39. The number of rotatable bonds is 8. The van der Waals surface area contributed by atoms with Crippen molar-refractivity contribution in [2.45, 2.75) is 63.9 Å². The lowest BCUT2D eigenvalue weighted by Gasteiger charge is -2.22. The van der Waals surface area contributed by atoms with Gasteiger partial charge in [0, 0.05) is 6.61 Å². The van der Waals surface area contributed by atoms with Crippen molar-refractivity contribution in [3.8, 4) is 29.6 Å². The molecule has 2 aromatic rings. The molecule has 0 spiro atoms. The topological polar surface area (TPSA) is 65.1 Å². The van der Waals surface area contributed by atoms with Gasteiger partial charge in [-0.25, -0.2) is 8.42 Å². The molecular weight excluding hydrogens is 450 g/mol. The average Bonchev–Trinajstić information content (AvgIpc) is 2.85. The van der Waals surface area contributed by atoms with Crippen LogP contribution in [-0.4, -0.2) is 45.1 Å². The van der Waals surface area contributed by atoms with Gasteiger partial charge in [0.2, 0.25) is 0 Å².